The number of rotatable bonds is 23. The van der Waals surface area contributed by atoms with Gasteiger partial charge in [0.25, 0.3) is 0 Å². The first-order chi connectivity index (χ1) is 14.2. The van der Waals surface area contributed by atoms with Gasteiger partial charge < -0.3 is 5.32 Å². The number of amides is 1. The molecule has 174 valence electrons. The Balaban J connectivity index is 3.31. The lowest BCUT2D eigenvalue weighted by Crippen LogP contribution is -2.32. The highest BCUT2D eigenvalue weighted by atomic mass is 35.5. The summed E-state index contributed by atoms with van der Waals surface area (Å²) in [7, 11) is 0. The molecule has 0 saturated carbocycles. The van der Waals surface area contributed by atoms with E-state index in [-0.39, 0.29) is 11.3 Å². The molecule has 0 aromatic carbocycles. The minimum atomic E-state index is -0.341. The second-order valence-corrected chi connectivity index (χ2v) is 9.44. The van der Waals surface area contributed by atoms with Gasteiger partial charge in [-0.15, -0.1) is 11.6 Å². The average Bonchev–Trinajstić information content (AvgIpc) is 2.73. The predicted molar refractivity (Wildman–Crippen MR) is 131 cm³/mol. The van der Waals surface area contributed by atoms with E-state index < -0.39 is 0 Å². The van der Waals surface area contributed by atoms with Gasteiger partial charge in [0.15, 0.2) is 0 Å². The Bertz CT molecular complexity index is 335. The third-order valence-corrected chi connectivity index (χ3v) is 6.34. The Hall–Kier alpha value is -0.240. The van der Waals surface area contributed by atoms with Gasteiger partial charge in [-0.3, -0.25) is 4.79 Å². The number of carbonyl (C=O) groups is 1. The topological polar surface area (TPSA) is 29.1 Å². The van der Waals surface area contributed by atoms with E-state index in [1.807, 2.05) is 0 Å². The number of hydrogen-bond donors (Lipinski definition) is 1. The Morgan fingerprint density at radius 3 is 1.34 bits per heavy atom. The maximum absolute atomic E-state index is 12.1. The quantitative estimate of drug-likeness (QED) is 0.127. The van der Waals surface area contributed by atoms with E-state index in [2.05, 4.69) is 19.2 Å². The van der Waals surface area contributed by atoms with E-state index in [1.54, 1.807) is 0 Å². The van der Waals surface area contributed by atoms with Crippen LogP contribution >= 0.6 is 11.6 Å². The van der Waals surface area contributed by atoms with Crippen molar-refractivity contribution in [2.45, 2.75) is 154 Å². The first-order valence-electron chi connectivity index (χ1n) is 13.1. The summed E-state index contributed by atoms with van der Waals surface area (Å²) in [5.74, 6) is 0.0403. The molecule has 1 atom stereocenters. The van der Waals surface area contributed by atoms with Crippen molar-refractivity contribution in [2.75, 3.05) is 6.54 Å². The molecule has 0 aromatic rings. The zero-order chi connectivity index (χ0) is 21.4. The Kier molecular flexibility index (Phi) is 23.8. The molecular weight excluding hydrogens is 378 g/mol. The van der Waals surface area contributed by atoms with E-state index in [1.165, 1.54) is 116 Å². The molecule has 0 aliphatic rings. The molecule has 0 fully saturated rings. The number of nitrogens with one attached hydrogen (secondary N) is 1. The molecule has 1 N–H and O–H groups in total. The fraction of sp³-hybridized carbons (Fsp3) is 0.962. The third kappa shape index (κ3) is 22.3. The van der Waals surface area contributed by atoms with Gasteiger partial charge in [-0.05, 0) is 12.8 Å². The largest absolute Gasteiger partial charge is 0.355 e. The molecule has 0 aliphatic carbocycles. The molecule has 3 heteroatoms. The lowest BCUT2D eigenvalue weighted by Gasteiger charge is -2.10. The van der Waals surface area contributed by atoms with Crippen molar-refractivity contribution in [3.63, 3.8) is 0 Å². The van der Waals surface area contributed by atoms with Crippen LogP contribution in [0, 0.1) is 0 Å². The number of unbranched alkanes of at least 4 members (excludes halogenated alkanes) is 18. The van der Waals surface area contributed by atoms with Gasteiger partial charge in [-0.1, -0.05) is 136 Å². The maximum atomic E-state index is 12.1. The third-order valence-electron chi connectivity index (χ3n) is 5.93. The molecule has 2 nitrogen and oxygen atoms in total. The van der Waals surface area contributed by atoms with E-state index in [9.17, 15) is 4.79 Å². The molecule has 0 spiro atoms. The molecule has 0 aromatic heterocycles. The van der Waals surface area contributed by atoms with Crippen LogP contribution in [0.25, 0.3) is 0 Å². The van der Waals surface area contributed by atoms with E-state index in [0.29, 0.717) is 0 Å². The Labute approximate surface area is 188 Å². The summed E-state index contributed by atoms with van der Waals surface area (Å²) >= 11 is 6.26. The average molecular weight is 430 g/mol. The molecule has 1 unspecified atom stereocenters. The molecule has 1 amide bonds. The Morgan fingerprint density at radius 1 is 0.586 bits per heavy atom. The fourth-order valence-corrected chi connectivity index (χ4v) is 4.11. The standard InChI is InChI=1S/C26H52ClNO/c1-3-5-7-9-11-13-15-17-19-21-23-25(27)26(29)28-24-22-20-18-16-14-12-10-8-6-4-2/h25H,3-24H2,1-2H3,(H,28,29). The summed E-state index contributed by atoms with van der Waals surface area (Å²) in [5, 5.41) is 2.68. The highest BCUT2D eigenvalue weighted by molar-refractivity contribution is 6.30. The Morgan fingerprint density at radius 2 is 0.931 bits per heavy atom. The van der Waals surface area contributed by atoms with Crippen LogP contribution in [-0.2, 0) is 4.79 Å². The summed E-state index contributed by atoms with van der Waals surface area (Å²) in [6.07, 6.45) is 27.3. The summed E-state index contributed by atoms with van der Waals surface area (Å²) in [4.78, 5) is 12.1. The predicted octanol–water partition coefficient (Wildman–Crippen LogP) is 8.94. The molecule has 0 saturated heterocycles. The SMILES string of the molecule is CCCCCCCCCCCCNC(=O)C(Cl)CCCCCCCCCCCC. The molecule has 0 rings (SSSR count). The zero-order valence-electron chi connectivity index (χ0n) is 19.9. The minimum Gasteiger partial charge on any atom is -0.355 e. The summed E-state index contributed by atoms with van der Waals surface area (Å²) in [5.41, 5.74) is 0. The van der Waals surface area contributed by atoms with Crippen LogP contribution in [0.5, 0.6) is 0 Å². The molecule has 29 heavy (non-hydrogen) atoms. The van der Waals surface area contributed by atoms with Crippen LogP contribution in [0.15, 0.2) is 0 Å². The summed E-state index contributed by atoms with van der Waals surface area (Å²) in [6, 6.07) is 0. The zero-order valence-corrected chi connectivity index (χ0v) is 20.7. The van der Waals surface area contributed by atoms with Gasteiger partial charge in [0, 0.05) is 6.54 Å². The first kappa shape index (κ1) is 28.8. The van der Waals surface area contributed by atoms with E-state index >= 15 is 0 Å². The number of alkyl halides is 1. The summed E-state index contributed by atoms with van der Waals surface area (Å²) < 4.78 is 0. The number of carbonyl (C=O) groups excluding carboxylic acids is 1. The van der Waals surface area contributed by atoms with Crippen molar-refractivity contribution in [3.05, 3.63) is 0 Å². The lowest BCUT2D eigenvalue weighted by molar-refractivity contribution is -0.120. The second kappa shape index (κ2) is 24.0. The van der Waals surface area contributed by atoms with Crippen LogP contribution in [0.3, 0.4) is 0 Å². The van der Waals surface area contributed by atoms with Gasteiger partial charge >= 0.3 is 0 Å². The van der Waals surface area contributed by atoms with E-state index in [4.69, 9.17) is 11.6 Å². The molecule has 0 aliphatic heterocycles. The monoisotopic (exact) mass is 429 g/mol. The van der Waals surface area contributed by atoms with Crippen LogP contribution in [0.4, 0.5) is 0 Å². The molecule has 0 radical (unpaired) electrons. The highest BCUT2D eigenvalue weighted by Gasteiger charge is 2.13. The van der Waals surface area contributed by atoms with Crippen molar-refractivity contribution in [3.8, 4) is 0 Å². The van der Waals surface area contributed by atoms with Crippen LogP contribution in [0.1, 0.15) is 149 Å². The molecule has 0 bridgehead atoms. The van der Waals surface area contributed by atoms with Gasteiger partial charge in [-0.2, -0.15) is 0 Å². The normalized spacial score (nSPS) is 12.2. The van der Waals surface area contributed by atoms with Crippen molar-refractivity contribution in [1.29, 1.82) is 0 Å². The molecular formula is C26H52ClNO. The summed E-state index contributed by atoms with van der Waals surface area (Å²) in [6.45, 7) is 5.32. The van der Waals surface area contributed by atoms with Crippen LogP contribution < -0.4 is 5.32 Å². The van der Waals surface area contributed by atoms with Crippen LogP contribution in [0.2, 0.25) is 0 Å². The number of halogens is 1. The second-order valence-electron chi connectivity index (χ2n) is 8.91. The van der Waals surface area contributed by atoms with Crippen molar-refractivity contribution < 1.29 is 4.79 Å². The lowest BCUT2D eigenvalue weighted by atomic mass is 10.0. The van der Waals surface area contributed by atoms with Gasteiger partial charge in [0.05, 0.1) is 0 Å². The van der Waals surface area contributed by atoms with Crippen molar-refractivity contribution >= 4 is 17.5 Å². The number of hydrogen-bond acceptors (Lipinski definition) is 1. The van der Waals surface area contributed by atoms with Gasteiger partial charge in [-0.25, -0.2) is 0 Å². The first-order valence-corrected chi connectivity index (χ1v) is 13.6. The minimum absolute atomic E-state index is 0.0403. The highest BCUT2D eigenvalue weighted by Crippen LogP contribution is 2.14. The van der Waals surface area contributed by atoms with Crippen LogP contribution in [-0.4, -0.2) is 17.8 Å². The molecule has 0 heterocycles. The van der Waals surface area contributed by atoms with Crippen molar-refractivity contribution in [2.24, 2.45) is 0 Å². The van der Waals surface area contributed by atoms with Crippen molar-refractivity contribution in [1.82, 2.24) is 5.32 Å². The van der Waals surface area contributed by atoms with Gasteiger partial charge in [0.2, 0.25) is 5.91 Å². The van der Waals surface area contributed by atoms with E-state index in [0.717, 1.165) is 25.8 Å². The smallest absolute Gasteiger partial charge is 0.238 e. The fourth-order valence-electron chi connectivity index (χ4n) is 3.88. The maximum Gasteiger partial charge on any atom is 0.238 e. The van der Waals surface area contributed by atoms with Gasteiger partial charge in [0.1, 0.15) is 5.38 Å².